The van der Waals surface area contributed by atoms with Gasteiger partial charge in [0.15, 0.2) is 0 Å². The highest BCUT2D eigenvalue weighted by Gasteiger charge is 2.07. The van der Waals surface area contributed by atoms with Gasteiger partial charge in [0, 0.05) is 16.3 Å². The predicted molar refractivity (Wildman–Crippen MR) is 86.1 cm³/mol. The van der Waals surface area contributed by atoms with Crippen molar-refractivity contribution in [2.45, 2.75) is 18.7 Å². The van der Waals surface area contributed by atoms with E-state index >= 15 is 0 Å². The molecule has 0 saturated carbocycles. The van der Waals surface area contributed by atoms with Crippen molar-refractivity contribution in [1.82, 2.24) is 0 Å². The Morgan fingerprint density at radius 3 is 2.65 bits per heavy atom. The van der Waals surface area contributed by atoms with Crippen LogP contribution in [0.25, 0.3) is 0 Å². The van der Waals surface area contributed by atoms with Crippen molar-refractivity contribution in [3.8, 4) is 0 Å². The molecule has 0 radical (unpaired) electrons. The van der Waals surface area contributed by atoms with Crippen LogP contribution >= 0.6 is 11.8 Å². The van der Waals surface area contributed by atoms with Gasteiger partial charge in [-0.1, -0.05) is 24.3 Å². The third kappa shape index (κ3) is 3.54. The second-order valence-corrected chi connectivity index (χ2v) is 5.64. The third-order valence-corrected chi connectivity index (χ3v) is 4.25. The molecular formula is C16H18N2OS. The van der Waals surface area contributed by atoms with Gasteiger partial charge in [0.2, 0.25) is 5.91 Å². The van der Waals surface area contributed by atoms with Crippen LogP contribution in [0.1, 0.15) is 11.1 Å². The van der Waals surface area contributed by atoms with E-state index in [2.05, 4.69) is 5.32 Å². The van der Waals surface area contributed by atoms with E-state index in [0.29, 0.717) is 11.4 Å². The number of carbonyl (C=O) groups excluding carboxylic acids is 1. The van der Waals surface area contributed by atoms with Crippen molar-refractivity contribution in [2.75, 3.05) is 16.8 Å². The molecule has 4 heteroatoms. The quantitative estimate of drug-likeness (QED) is 0.667. The van der Waals surface area contributed by atoms with E-state index in [1.165, 1.54) is 17.3 Å². The lowest BCUT2D eigenvalue weighted by molar-refractivity contribution is -0.113. The summed E-state index contributed by atoms with van der Waals surface area (Å²) in [6.07, 6.45) is 0. The Balaban J connectivity index is 1.96. The molecule has 0 heterocycles. The number of nitrogens with two attached hydrogens (primary N) is 1. The van der Waals surface area contributed by atoms with Crippen molar-refractivity contribution in [3.05, 3.63) is 53.6 Å². The van der Waals surface area contributed by atoms with Crippen molar-refractivity contribution >= 4 is 29.0 Å². The number of hydrogen-bond donors (Lipinski definition) is 2. The van der Waals surface area contributed by atoms with Crippen molar-refractivity contribution in [2.24, 2.45) is 0 Å². The average molecular weight is 286 g/mol. The van der Waals surface area contributed by atoms with Crippen molar-refractivity contribution in [3.63, 3.8) is 0 Å². The van der Waals surface area contributed by atoms with E-state index in [1.807, 2.05) is 56.3 Å². The molecule has 1 amide bonds. The number of carbonyl (C=O) groups is 1. The molecule has 104 valence electrons. The van der Waals surface area contributed by atoms with Gasteiger partial charge in [-0.05, 0) is 43.2 Å². The standard InChI is InChI=1S/C16H18N2OS/c1-11-6-5-8-14(12(11)2)18-16(19)10-20-15-9-4-3-7-13(15)17/h3-9H,10,17H2,1-2H3,(H,18,19). The lowest BCUT2D eigenvalue weighted by Gasteiger charge is -2.10. The van der Waals surface area contributed by atoms with E-state index in [1.54, 1.807) is 0 Å². The molecule has 0 saturated heterocycles. The van der Waals surface area contributed by atoms with E-state index in [0.717, 1.165) is 16.1 Å². The molecule has 0 aliphatic rings. The van der Waals surface area contributed by atoms with Crippen LogP contribution in [0.2, 0.25) is 0 Å². The lowest BCUT2D eigenvalue weighted by Crippen LogP contribution is -2.15. The molecule has 2 rings (SSSR count). The Morgan fingerprint density at radius 2 is 1.90 bits per heavy atom. The predicted octanol–water partition coefficient (Wildman–Crippen LogP) is 3.62. The summed E-state index contributed by atoms with van der Waals surface area (Å²) in [4.78, 5) is 12.9. The van der Waals surface area contributed by atoms with Gasteiger partial charge in [-0.15, -0.1) is 11.8 Å². The second kappa shape index (κ2) is 6.48. The number of aryl methyl sites for hydroxylation is 1. The Morgan fingerprint density at radius 1 is 1.15 bits per heavy atom. The zero-order valence-corrected chi connectivity index (χ0v) is 12.5. The first-order valence-corrected chi connectivity index (χ1v) is 7.40. The molecule has 0 aliphatic carbocycles. The van der Waals surface area contributed by atoms with E-state index in [4.69, 9.17) is 5.73 Å². The summed E-state index contributed by atoms with van der Waals surface area (Å²) < 4.78 is 0. The van der Waals surface area contributed by atoms with E-state index in [-0.39, 0.29) is 5.91 Å². The molecule has 0 spiro atoms. The first-order chi connectivity index (χ1) is 9.58. The van der Waals surface area contributed by atoms with Crippen LogP contribution in [0, 0.1) is 13.8 Å². The van der Waals surface area contributed by atoms with Crippen LogP contribution in [-0.4, -0.2) is 11.7 Å². The number of thioether (sulfide) groups is 1. The van der Waals surface area contributed by atoms with E-state index < -0.39 is 0 Å². The highest BCUT2D eigenvalue weighted by molar-refractivity contribution is 8.00. The summed E-state index contributed by atoms with van der Waals surface area (Å²) in [5.74, 6) is 0.327. The van der Waals surface area contributed by atoms with Crippen LogP contribution in [0.15, 0.2) is 47.4 Å². The number of amides is 1. The molecule has 0 fully saturated rings. The normalized spacial score (nSPS) is 10.3. The summed E-state index contributed by atoms with van der Waals surface area (Å²) in [5, 5.41) is 2.94. The topological polar surface area (TPSA) is 55.1 Å². The molecule has 0 unspecified atom stereocenters. The van der Waals surface area contributed by atoms with Gasteiger partial charge in [0.05, 0.1) is 5.75 Å². The number of rotatable bonds is 4. The fraction of sp³-hybridized carbons (Fsp3) is 0.188. The molecule has 0 atom stereocenters. The average Bonchev–Trinajstić information content (AvgIpc) is 2.43. The molecule has 2 aromatic rings. The van der Waals surface area contributed by atoms with Crippen LogP contribution in [0.5, 0.6) is 0 Å². The van der Waals surface area contributed by atoms with Gasteiger partial charge in [0.1, 0.15) is 0 Å². The third-order valence-electron chi connectivity index (χ3n) is 3.16. The molecular weight excluding hydrogens is 268 g/mol. The Kier molecular flexibility index (Phi) is 4.69. The lowest BCUT2D eigenvalue weighted by atomic mass is 10.1. The monoisotopic (exact) mass is 286 g/mol. The summed E-state index contributed by atoms with van der Waals surface area (Å²) >= 11 is 1.45. The second-order valence-electron chi connectivity index (χ2n) is 4.62. The minimum Gasteiger partial charge on any atom is -0.398 e. The highest BCUT2D eigenvalue weighted by Crippen LogP contribution is 2.25. The maximum Gasteiger partial charge on any atom is 0.234 e. The number of benzene rings is 2. The van der Waals surface area contributed by atoms with Gasteiger partial charge in [-0.3, -0.25) is 4.79 Å². The smallest absolute Gasteiger partial charge is 0.234 e. The summed E-state index contributed by atoms with van der Waals surface area (Å²) in [6, 6.07) is 13.5. The van der Waals surface area contributed by atoms with E-state index in [9.17, 15) is 4.79 Å². The Hall–Kier alpha value is -1.94. The Bertz CT molecular complexity index is 626. The maximum absolute atomic E-state index is 12.0. The number of anilines is 2. The Labute approximate surface area is 123 Å². The fourth-order valence-corrected chi connectivity index (χ4v) is 2.60. The molecule has 3 nitrogen and oxygen atoms in total. The highest BCUT2D eigenvalue weighted by atomic mass is 32.2. The maximum atomic E-state index is 12.0. The fourth-order valence-electron chi connectivity index (χ4n) is 1.83. The SMILES string of the molecule is Cc1cccc(NC(=O)CSc2ccccc2N)c1C. The molecule has 3 N–H and O–H groups in total. The minimum atomic E-state index is -0.0213. The zero-order valence-electron chi connectivity index (χ0n) is 11.6. The number of hydrogen-bond acceptors (Lipinski definition) is 3. The van der Waals surface area contributed by atoms with Gasteiger partial charge in [-0.2, -0.15) is 0 Å². The van der Waals surface area contributed by atoms with Crippen LogP contribution in [0.3, 0.4) is 0 Å². The largest absolute Gasteiger partial charge is 0.398 e. The number of para-hydroxylation sites is 1. The molecule has 0 aromatic heterocycles. The summed E-state index contributed by atoms with van der Waals surface area (Å²) in [7, 11) is 0. The first kappa shape index (κ1) is 14.5. The molecule has 20 heavy (non-hydrogen) atoms. The molecule has 2 aromatic carbocycles. The van der Waals surface area contributed by atoms with Gasteiger partial charge >= 0.3 is 0 Å². The van der Waals surface area contributed by atoms with Crippen molar-refractivity contribution < 1.29 is 4.79 Å². The van der Waals surface area contributed by atoms with Crippen LogP contribution in [-0.2, 0) is 4.79 Å². The minimum absolute atomic E-state index is 0.0213. The molecule has 0 bridgehead atoms. The van der Waals surface area contributed by atoms with Crippen LogP contribution in [0.4, 0.5) is 11.4 Å². The number of nitrogens with one attached hydrogen (secondary N) is 1. The van der Waals surface area contributed by atoms with Gasteiger partial charge < -0.3 is 11.1 Å². The van der Waals surface area contributed by atoms with Gasteiger partial charge in [-0.25, -0.2) is 0 Å². The first-order valence-electron chi connectivity index (χ1n) is 6.41. The molecule has 0 aliphatic heterocycles. The van der Waals surface area contributed by atoms with Crippen molar-refractivity contribution in [1.29, 1.82) is 0 Å². The van der Waals surface area contributed by atoms with Gasteiger partial charge in [0.25, 0.3) is 0 Å². The number of nitrogen functional groups attached to an aromatic ring is 1. The summed E-state index contributed by atoms with van der Waals surface area (Å²) in [5.41, 5.74) is 9.70. The van der Waals surface area contributed by atoms with Crippen LogP contribution < -0.4 is 11.1 Å². The summed E-state index contributed by atoms with van der Waals surface area (Å²) in [6.45, 7) is 4.04. The zero-order chi connectivity index (χ0) is 14.5.